The highest BCUT2D eigenvalue weighted by atomic mass is 16.3. The number of carbonyl (C=O) groups is 2. The van der Waals surface area contributed by atoms with Crippen molar-refractivity contribution >= 4 is 17.5 Å². The molecule has 1 saturated heterocycles. The van der Waals surface area contributed by atoms with Crippen LogP contribution in [-0.2, 0) is 4.79 Å². The van der Waals surface area contributed by atoms with Crippen LogP contribution >= 0.6 is 0 Å². The van der Waals surface area contributed by atoms with Crippen LogP contribution in [0, 0.1) is 17.3 Å². The summed E-state index contributed by atoms with van der Waals surface area (Å²) in [5.74, 6) is 1.19. The van der Waals surface area contributed by atoms with Gasteiger partial charge in [0.05, 0.1) is 5.56 Å². The number of rotatable bonds is 8. The van der Waals surface area contributed by atoms with E-state index in [4.69, 9.17) is 0 Å². The Morgan fingerprint density at radius 2 is 2.11 bits per heavy atom. The van der Waals surface area contributed by atoms with Gasteiger partial charge in [0.25, 0.3) is 5.91 Å². The predicted octanol–water partition coefficient (Wildman–Crippen LogP) is 2.98. The van der Waals surface area contributed by atoms with E-state index in [1.165, 1.54) is 0 Å². The lowest BCUT2D eigenvalue weighted by molar-refractivity contribution is -0.124. The second-order valence-corrected chi connectivity index (χ2v) is 8.76. The molecule has 0 bridgehead atoms. The van der Waals surface area contributed by atoms with Crippen molar-refractivity contribution in [1.29, 1.82) is 0 Å². The fourth-order valence-electron chi connectivity index (χ4n) is 3.19. The Morgan fingerprint density at radius 1 is 1.37 bits per heavy atom. The summed E-state index contributed by atoms with van der Waals surface area (Å²) in [6.07, 6.45) is 3.90. The number of Topliss-reactive ketones (excluding diaryl/α,β-unsaturated/α-hetero) is 1. The summed E-state index contributed by atoms with van der Waals surface area (Å²) in [5.41, 5.74) is 0.306. The number of amides is 1. The summed E-state index contributed by atoms with van der Waals surface area (Å²) in [7, 11) is 0. The molecule has 6 nitrogen and oxygen atoms in total. The van der Waals surface area contributed by atoms with Gasteiger partial charge in [-0.25, -0.2) is 4.98 Å². The molecular weight excluding hydrogens is 342 g/mol. The highest BCUT2D eigenvalue weighted by Gasteiger charge is 2.29. The fraction of sp³-hybridized carbons (Fsp3) is 0.667. The van der Waals surface area contributed by atoms with Gasteiger partial charge < -0.3 is 15.3 Å². The van der Waals surface area contributed by atoms with Gasteiger partial charge in [0.1, 0.15) is 11.6 Å². The standard InChI is InChI=1S/C21H33N3O3/c1-15(2)10-18(26)17-6-5-9-24(12-17)20(27)16-7-8-19(22-11-16)23-13-21(3,4)14-25/h7-8,11,15,17,25H,5-6,9-10,12-14H2,1-4H3,(H,22,23). The van der Waals surface area contributed by atoms with Crippen molar-refractivity contribution in [2.45, 2.75) is 47.0 Å². The monoisotopic (exact) mass is 375 g/mol. The van der Waals surface area contributed by atoms with Crippen molar-refractivity contribution in [3.63, 3.8) is 0 Å². The van der Waals surface area contributed by atoms with Gasteiger partial charge in [-0.3, -0.25) is 9.59 Å². The lowest BCUT2D eigenvalue weighted by atomic mass is 9.89. The molecule has 0 radical (unpaired) electrons. The van der Waals surface area contributed by atoms with Crippen LogP contribution < -0.4 is 5.32 Å². The largest absolute Gasteiger partial charge is 0.396 e. The molecule has 0 aliphatic carbocycles. The molecule has 1 aromatic heterocycles. The molecule has 1 fully saturated rings. The number of aliphatic hydroxyl groups excluding tert-OH is 1. The summed E-state index contributed by atoms with van der Waals surface area (Å²) in [6.45, 7) is 9.90. The van der Waals surface area contributed by atoms with Gasteiger partial charge in [0.15, 0.2) is 0 Å². The Labute approximate surface area is 162 Å². The summed E-state index contributed by atoms with van der Waals surface area (Å²) in [4.78, 5) is 31.2. The molecule has 1 aliphatic heterocycles. The molecule has 1 atom stereocenters. The van der Waals surface area contributed by atoms with E-state index >= 15 is 0 Å². The van der Waals surface area contributed by atoms with Crippen molar-refractivity contribution in [3.05, 3.63) is 23.9 Å². The van der Waals surface area contributed by atoms with E-state index in [0.717, 1.165) is 12.8 Å². The van der Waals surface area contributed by atoms with Crippen LogP contribution in [0.15, 0.2) is 18.3 Å². The zero-order valence-corrected chi connectivity index (χ0v) is 17.0. The van der Waals surface area contributed by atoms with Crippen molar-refractivity contribution in [1.82, 2.24) is 9.88 Å². The first-order valence-corrected chi connectivity index (χ1v) is 9.84. The van der Waals surface area contributed by atoms with Crippen LogP contribution in [0.1, 0.15) is 57.3 Å². The van der Waals surface area contributed by atoms with E-state index in [-0.39, 0.29) is 29.6 Å². The number of aromatic nitrogens is 1. The molecule has 1 amide bonds. The maximum absolute atomic E-state index is 12.8. The maximum Gasteiger partial charge on any atom is 0.255 e. The first-order valence-electron chi connectivity index (χ1n) is 9.84. The zero-order valence-electron chi connectivity index (χ0n) is 17.0. The lowest BCUT2D eigenvalue weighted by Gasteiger charge is -2.32. The Kier molecular flexibility index (Phi) is 7.36. The minimum atomic E-state index is -0.235. The van der Waals surface area contributed by atoms with Crippen molar-refractivity contribution in [2.24, 2.45) is 17.3 Å². The molecule has 1 aromatic rings. The number of carbonyl (C=O) groups excluding carboxylic acids is 2. The van der Waals surface area contributed by atoms with E-state index in [1.807, 2.05) is 27.7 Å². The van der Waals surface area contributed by atoms with E-state index in [1.54, 1.807) is 23.2 Å². The van der Waals surface area contributed by atoms with Gasteiger partial charge in [0, 0.05) is 50.2 Å². The van der Waals surface area contributed by atoms with E-state index in [2.05, 4.69) is 10.3 Å². The third-order valence-electron chi connectivity index (χ3n) is 4.96. The second-order valence-electron chi connectivity index (χ2n) is 8.76. The third-order valence-corrected chi connectivity index (χ3v) is 4.96. The lowest BCUT2D eigenvalue weighted by Crippen LogP contribution is -2.42. The SMILES string of the molecule is CC(C)CC(=O)C1CCCN(C(=O)c2ccc(NCC(C)(C)CO)nc2)C1. The Balaban J connectivity index is 1.95. The minimum Gasteiger partial charge on any atom is -0.396 e. The van der Waals surface area contributed by atoms with Crippen molar-refractivity contribution < 1.29 is 14.7 Å². The number of aliphatic hydroxyl groups is 1. The summed E-state index contributed by atoms with van der Waals surface area (Å²) >= 11 is 0. The summed E-state index contributed by atoms with van der Waals surface area (Å²) in [5, 5.41) is 12.5. The molecule has 2 heterocycles. The van der Waals surface area contributed by atoms with E-state index in [0.29, 0.717) is 43.4 Å². The Morgan fingerprint density at radius 3 is 2.70 bits per heavy atom. The van der Waals surface area contributed by atoms with Gasteiger partial charge in [-0.1, -0.05) is 27.7 Å². The highest BCUT2D eigenvalue weighted by molar-refractivity contribution is 5.94. The maximum atomic E-state index is 12.8. The van der Waals surface area contributed by atoms with Gasteiger partial charge in [-0.05, 0) is 30.9 Å². The van der Waals surface area contributed by atoms with Crippen LogP contribution in [0.5, 0.6) is 0 Å². The van der Waals surface area contributed by atoms with Crippen LogP contribution in [0.25, 0.3) is 0 Å². The van der Waals surface area contributed by atoms with Crippen LogP contribution in [-0.4, -0.2) is 52.9 Å². The number of ketones is 1. The van der Waals surface area contributed by atoms with Crippen LogP contribution in [0.4, 0.5) is 5.82 Å². The summed E-state index contributed by atoms with van der Waals surface area (Å²) in [6, 6.07) is 3.55. The van der Waals surface area contributed by atoms with Crippen molar-refractivity contribution in [2.75, 3.05) is 31.6 Å². The predicted molar refractivity (Wildman–Crippen MR) is 107 cm³/mol. The highest BCUT2D eigenvalue weighted by Crippen LogP contribution is 2.22. The molecular formula is C21H33N3O3. The van der Waals surface area contributed by atoms with E-state index < -0.39 is 0 Å². The van der Waals surface area contributed by atoms with Crippen molar-refractivity contribution in [3.8, 4) is 0 Å². The average molecular weight is 376 g/mol. The first kappa shape index (κ1) is 21.4. The normalized spacial score (nSPS) is 17.9. The molecule has 0 saturated carbocycles. The number of likely N-dealkylation sites (tertiary alicyclic amines) is 1. The number of hydrogen-bond donors (Lipinski definition) is 2. The van der Waals surface area contributed by atoms with Gasteiger partial charge in [-0.15, -0.1) is 0 Å². The first-order chi connectivity index (χ1) is 12.7. The number of pyridine rings is 1. The smallest absolute Gasteiger partial charge is 0.255 e. The van der Waals surface area contributed by atoms with Gasteiger partial charge in [-0.2, -0.15) is 0 Å². The van der Waals surface area contributed by atoms with E-state index in [9.17, 15) is 14.7 Å². The molecule has 0 aromatic carbocycles. The van der Waals surface area contributed by atoms with Crippen LogP contribution in [0.3, 0.4) is 0 Å². The molecule has 6 heteroatoms. The molecule has 1 aliphatic rings. The molecule has 150 valence electrons. The fourth-order valence-corrected chi connectivity index (χ4v) is 3.19. The minimum absolute atomic E-state index is 0.0419. The second kappa shape index (κ2) is 9.31. The number of hydrogen-bond acceptors (Lipinski definition) is 5. The van der Waals surface area contributed by atoms with Gasteiger partial charge in [0.2, 0.25) is 0 Å². The quantitative estimate of drug-likeness (QED) is 0.730. The molecule has 0 spiro atoms. The zero-order chi connectivity index (χ0) is 20.0. The number of anilines is 1. The number of nitrogens with one attached hydrogen (secondary N) is 1. The molecule has 2 rings (SSSR count). The molecule has 2 N–H and O–H groups in total. The van der Waals surface area contributed by atoms with Gasteiger partial charge >= 0.3 is 0 Å². The topological polar surface area (TPSA) is 82.5 Å². The summed E-state index contributed by atoms with van der Waals surface area (Å²) < 4.78 is 0. The number of nitrogens with zero attached hydrogens (tertiary/aromatic N) is 2. The Hall–Kier alpha value is -1.95. The number of piperidine rings is 1. The third kappa shape index (κ3) is 6.31. The van der Waals surface area contributed by atoms with Crippen LogP contribution in [0.2, 0.25) is 0 Å². The molecule has 27 heavy (non-hydrogen) atoms. The average Bonchev–Trinajstić information content (AvgIpc) is 2.66. The Bertz CT molecular complexity index is 641. The molecule has 1 unspecified atom stereocenters.